The lowest BCUT2D eigenvalue weighted by Gasteiger charge is -2.03. The zero-order valence-electron chi connectivity index (χ0n) is 13.1. The molecule has 122 valence electrons. The van der Waals surface area contributed by atoms with E-state index in [1.165, 1.54) is 27.6 Å². The highest BCUT2D eigenvalue weighted by Crippen LogP contribution is 2.22. The van der Waals surface area contributed by atoms with E-state index in [1.54, 1.807) is 18.6 Å². The highest BCUT2D eigenvalue weighted by Gasteiger charge is 2.09. The molecule has 0 saturated carbocycles. The lowest BCUT2D eigenvalue weighted by molar-refractivity contribution is 0.847. The van der Waals surface area contributed by atoms with E-state index in [2.05, 4.69) is 50.8 Å². The third-order valence-electron chi connectivity index (χ3n) is 3.18. The fourth-order valence-electron chi connectivity index (χ4n) is 2.02. The molecule has 0 unspecified atom stereocenters. The van der Waals surface area contributed by atoms with Gasteiger partial charge in [-0.1, -0.05) is 47.7 Å². The zero-order valence-corrected chi connectivity index (χ0v) is 13.9. The number of anilines is 1. The predicted octanol–water partition coefficient (Wildman–Crippen LogP) is 2.43. The van der Waals surface area contributed by atoms with Crippen LogP contribution in [0, 0.1) is 6.92 Å². The molecule has 2 aromatic heterocycles. The summed E-state index contributed by atoms with van der Waals surface area (Å²) in [4.78, 5) is 4.01. The standard InChI is InChI=1S/C16H17N7S/c1-12-4-2-5-13(8-12)11-24-16-22-21-15(23(16)17)20-19-10-14-6-3-7-18-9-14/h2-10H,11,17H2,1H3,(H,20,21)/b19-10+. The number of aryl methyl sites for hydroxylation is 1. The van der Waals surface area contributed by atoms with Crippen LogP contribution >= 0.6 is 11.8 Å². The first-order valence-electron chi connectivity index (χ1n) is 7.30. The van der Waals surface area contributed by atoms with Crippen molar-refractivity contribution in [2.24, 2.45) is 5.10 Å². The number of thioether (sulfide) groups is 1. The van der Waals surface area contributed by atoms with Crippen molar-refractivity contribution < 1.29 is 0 Å². The molecular weight excluding hydrogens is 322 g/mol. The number of hydrogen-bond acceptors (Lipinski definition) is 7. The molecule has 1 aromatic carbocycles. The number of nitrogens with one attached hydrogen (secondary N) is 1. The first-order valence-corrected chi connectivity index (χ1v) is 8.29. The number of aromatic nitrogens is 4. The van der Waals surface area contributed by atoms with Gasteiger partial charge in [0.25, 0.3) is 5.95 Å². The van der Waals surface area contributed by atoms with E-state index >= 15 is 0 Å². The summed E-state index contributed by atoms with van der Waals surface area (Å²) in [5, 5.41) is 12.8. The Labute approximate surface area is 144 Å². The average molecular weight is 339 g/mol. The van der Waals surface area contributed by atoms with E-state index in [0.29, 0.717) is 11.1 Å². The van der Waals surface area contributed by atoms with Crippen LogP contribution in [0.15, 0.2) is 59.0 Å². The molecule has 7 nitrogen and oxygen atoms in total. The van der Waals surface area contributed by atoms with Crippen LogP contribution in [-0.4, -0.2) is 26.1 Å². The van der Waals surface area contributed by atoms with Gasteiger partial charge in [0.2, 0.25) is 5.16 Å². The zero-order chi connectivity index (χ0) is 16.8. The van der Waals surface area contributed by atoms with Crippen molar-refractivity contribution in [1.29, 1.82) is 0 Å². The maximum Gasteiger partial charge on any atom is 0.264 e. The van der Waals surface area contributed by atoms with Crippen LogP contribution in [0.3, 0.4) is 0 Å². The molecule has 0 fully saturated rings. The Morgan fingerprint density at radius 3 is 3.00 bits per heavy atom. The number of pyridine rings is 1. The summed E-state index contributed by atoms with van der Waals surface area (Å²) in [5.41, 5.74) is 6.10. The molecule has 0 aliphatic rings. The Kier molecular flexibility index (Phi) is 5.07. The van der Waals surface area contributed by atoms with Crippen LogP contribution < -0.4 is 11.3 Å². The molecule has 8 heteroatoms. The monoisotopic (exact) mass is 339 g/mol. The van der Waals surface area contributed by atoms with Crippen LogP contribution in [0.2, 0.25) is 0 Å². The first kappa shape index (κ1) is 16.0. The van der Waals surface area contributed by atoms with Gasteiger partial charge in [0.1, 0.15) is 0 Å². The van der Waals surface area contributed by atoms with Crippen molar-refractivity contribution in [3.05, 3.63) is 65.5 Å². The van der Waals surface area contributed by atoms with Crippen LogP contribution in [0.25, 0.3) is 0 Å². The number of nitrogen functional groups attached to an aromatic ring is 1. The molecule has 24 heavy (non-hydrogen) atoms. The van der Waals surface area contributed by atoms with E-state index < -0.39 is 0 Å². The van der Waals surface area contributed by atoms with Gasteiger partial charge in [-0.2, -0.15) is 5.10 Å². The van der Waals surface area contributed by atoms with Gasteiger partial charge in [-0.15, -0.1) is 10.2 Å². The van der Waals surface area contributed by atoms with Crippen LogP contribution in [0.4, 0.5) is 5.95 Å². The van der Waals surface area contributed by atoms with Crippen molar-refractivity contribution in [1.82, 2.24) is 19.9 Å². The highest BCUT2D eigenvalue weighted by molar-refractivity contribution is 7.98. The Balaban J connectivity index is 1.60. The minimum absolute atomic E-state index is 0.377. The number of nitrogens with two attached hydrogens (primary N) is 1. The maximum atomic E-state index is 6.00. The molecular formula is C16H17N7S. The Hall–Kier alpha value is -2.87. The molecule has 3 aromatic rings. The van der Waals surface area contributed by atoms with Crippen LogP contribution in [0.1, 0.15) is 16.7 Å². The van der Waals surface area contributed by atoms with E-state index in [-0.39, 0.29) is 0 Å². The largest absolute Gasteiger partial charge is 0.334 e. The minimum Gasteiger partial charge on any atom is -0.334 e. The van der Waals surface area contributed by atoms with Crippen molar-refractivity contribution in [3.63, 3.8) is 0 Å². The quantitative estimate of drug-likeness (QED) is 0.310. The highest BCUT2D eigenvalue weighted by atomic mass is 32.2. The number of hydrogen-bond donors (Lipinski definition) is 2. The SMILES string of the molecule is Cc1cccc(CSc2nnc(N/N=C/c3cccnc3)n2N)c1. The number of rotatable bonds is 6. The molecule has 0 aliphatic carbocycles. The van der Waals surface area contributed by atoms with Gasteiger partial charge in [-0.05, 0) is 18.6 Å². The summed E-state index contributed by atoms with van der Waals surface area (Å²) in [6, 6.07) is 12.1. The average Bonchev–Trinajstić information content (AvgIpc) is 2.94. The Bertz CT molecular complexity index is 829. The Morgan fingerprint density at radius 1 is 1.29 bits per heavy atom. The van der Waals surface area contributed by atoms with E-state index in [0.717, 1.165) is 11.3 Å². The second-order valence-corrected chi connectivity index (χ2v) is 6.05. The topological polar surface area (TPSA) is 94.0 Å². The van der Waals surface area contributed by atoms with E-state index in [4.69, 9.17) is 5.84 Å². The first-order chi connectivity index (χ1) is 11.7. The molecule has 0 spiro atoms. The van der Waals surface area contributed by atoms with E-state index in [1.807, 2.05) is 18.2 Å². The predicted molar refractivity (Wildman–Crippen MR) is 96.4 cm³/mol. The van der Waals surface area contributed by atoms with Gasteiger partial charge in [-0.25, -0.2) is 10.1 Å². The second kappa shape index (κ2) is 7.60. The van der Waals surface area contributed by atoms with Crippen molar-refractivity contribution in [3.8, 4) is 0 Å². The van der Waals surface area contributed by atoms with Crippen LogP contribution in [-0.2, 0) is 5.75 Å². The van der Waals surface area contributed by atoms with Gasteiger partial charge in [0.15, 0.2) is 0 Å². The molecule has 0 aliphatic heterocycles. The summed E-state index contributed by atoms with van der Waals surface area (Å²) in [6.45, 7) is 2.07. The lowest BCUT2D eigenvalue weighted by atomic mass is 10.2. The molecule has 0 amide bonds. The molecule has 3 rings (SSSR count). The Morgan fingerprint density at radius 2 is 2.21 bits per heavy atom. The smallest absolute Gasteiger partial charge is 0.264 e. The normalized spacial score (nSPS) is 11.0. The number of benzene rings is 1. The fraction of sp³-hybridized carbons (Fsp3) is 0.125. The van der Waals surface area contributed by atoms with Crippen molar-refractivity contribution in [2.45, 2.75) is 17.8 Å². The van der Waals surface area contributed by atoms with Gasteiger partial charge < -0.3 is 5.84 Å². The summed E-state index contributed by atoms with van der Waals surface area (Å²) in [6.07, 6.45) is 5.06. The molecule has 3 N–H and O–H groups in total. The maximum absolute atomic E-state index is 6.00. The number of nitrogens with zero attached hydrogens (tertiary/aromatic N) is 5. The van der Waals surface area contributed by atoms with Gasteiger partial charge >= 0.3 is 0 Å². The summed E-state index contributed by atoms with van der Waals surface area (Å²) >= 11 is 1.52. The van der Waals surface area contributed by atoms with Gasteiger partial charge in [0.05, 0.1) is 6.21 Å². The molecule has 0 bridgehead atoms. The lowest BCUT2D eigenvalue weighted by Crippen LogP contribution is -2.13. The third-order valence-corrected chi connectivity index (χ3v) is 4.19. The minimum atomic E-state index is 0.377. The molecule has 0 saturated heterocycles. The summed E-state index contributed by atoms with van der Waals surface area (Å²) in [5.74, 6) is 7.15. The van der Waals surface area contributed by atoms with Gasteiger partial charge in [0, 0.05) is 23.7 Å². The fourth-order valence-corrected chi connectivity index (χ4v) is 2.82. The molecule has 0 radical (unpaired) electrons. The summed E-state index contributed by atoms with van der Waals surface area (Å²) in [7, 11) is 0. The third kappa shape index (κ3) is 4.11. The molecule has 0 atom stereocenters. The van der Waals surface area contributed by atoms with Crippen molar-refractivity contribution >= 4 is 23.9 Å². The van der Waals surface area contributed by atoms with E-state index in [9.17, 15) is 0 Å². The second-order valence-electron chi connectivity index (χ2n) is 5.11. The van der Waals surface area contributed by atoms with Gasteiger partial charge in [-0.3, -0.25) is 4.98 Å². The van der Waals surface area contributed by atoms with Crippen LogP contribution in [0.5, 0.6) is 0 Å². The summed E-state index contributed by atoms with van der Waals surface area (Å²) < 4.78 is 1.39. The van der Waals surface area contributed by atoms with Crippen molar-refractivity contribution in [2.75, 3.05) is 11.3 Å². The molecule has 2 heterocycles. The number of hydrazone groups is 1.